The molecule has 5 N–H and O–H groups in total. The van der Waals surface area contributed by atoms with E-state index in [4.69, 9.17) is 10.5 Å². The van der Waals surface area contributed by atoms with Crippen LogP contribution in [0.25, 0.3) is 0 Å². The second-order valence-electron chi connectivity index (χ2n) is 11.8. The summed E-state index contributed by atoms with van der Waals surface area (Å²) in [6.07, 6.45) is 3.65. The molecule has 0 saturated heterocycles. The van der Waals surface area contributed by atoms with Crippen LogP contribution in [-0.2, 0) is 38.3 Å². The number of nitrogens with zero attached hydrogens (tertiary/aromatic N) is 2. The van der Waals surface area contributed by atoms with Crippen molar-refractivity contribution in [2.75, 3.05) is 20.1 Å². The Morgan fingerprint density at radius 3 is 2.02 bits per heavy atom. The van der Waals surface area contributed by atoms with Crippen LogP contribution in [0.15, 0.2) is 12.2 Å². The molecule has 4 atom stereocenters. The SMILES string of the molecule is CC(=O)[C@@H](NC(=O)[C@H](C(C)C)N(C)CCCC(=O)O[C@H](C)[C@H](N)C(=O)NNC(=O)CCCCCN1C(=O)C=CC1=O)C(C)C. The van der Waals surface area contributed by atoms with Crippen LogP contribution in [0, 0.1) is 11.8 Å². The Bertz CT molecular complexity index is 1060. The zero-order chi connectivity index (χ0) is 33.6. The number of hydrogen-bond acceptors (Lipinski definition) is 10. The Balaban J connectivity index is 2.36. The van der Waals surface area contributed by atoms with Crippen molar-refractivity contribution in [3.8, 4) is 0 Å². The molecule has 0 saturated carbocycles. The number of Topliss-reactive ketones (excluding diaryl/α,β-unsaturated/α-hetero) is 1. The van der Waals surface area contributed by atoms with Gasteiger partial charge in [0.25, 0.3) is 17.7 Å². The lowest BCUT2D eigenvalue weighted by atomic mass is 9.97. The zero-order valence-corrected chi connectivity index (χ0v) is 27.0. The molecule has 0 aromatic heterocycles. The minimum Gasteiger partial charge on any atom is -0.460 e. The summed E-state index contributed by atoms with van der Waals surface area (Å²) in [5, 5.41) is 2.85. The van der Waals surface area contributed by atoms with Gasteiger partial charge >= 0.3 is 5.97 Å². The predicted molar refractivity (Wildman–Crippen MR) is 162 cm³/mol. The first-order valence-corrected chi connectivity index (χ1v) is 15.1. The smallest absolute Gasteiger partial charge is 0.306 e. The molecule has 1 rings (SSSR count). The minimum absolute atomic E-state index is 0.0326. The van der Waals surface area contributed by atoms with Gasteiger partial charge in [0.2, 0.25) is 11.8 Å². The van der Waals surface area contributed by atoms with Crippen molar-refractivity contribution in [1.82, 2.24) is 26.0 Å². The lowest BCUT2D eigenvalue weighted by Crippen LogP contribution is -2.54. The van der Waals surface area contributed by atoms with Crippen LogP contribution in [0.3, 0.4) is 0 Å². The van der Waals surface area contributed by atoms with Crippen LogP contribution in [0.5, 0.6) is 0 Å². The van der Waals surface area contributed by atoms with Gasteiger partial charge in [-0.3, -0.25) is 54.2 Å². The summed E-state index contributed by atoms with van der Waals surface area (Å²) in [5.41, 5.74) is 10.4. The summed E-state index contributed by atoms with van der Waals surface area (Å²) in [6, 6.07) is -2.30. The predicted octanol–water partition coefficient (Wildman–Crippen LogP) is 0.345. The van der Waals surface area contributed by atoms with E-state index in [1.165, 1.54) is 26.0 Å². The van der Waals surface area contributed by atoms with Gasteiger partial charge in [-0.1, -0.05) is 34.1 Å². The number of ether oxygens (including phenoxy) is 1. The number of amides is 5. The average molecular weight is 623 g/mol. The van der Waals surface area contributed by atoms with Crippen LogP contribution in [0.2, 0.25) is 0 Å². The molecule has 248 valence electrons. The molecule has 44 heavy (non-hydrogen) atoms. The highest BCUT2D eigenvalue weighted by Gasteiger charge is 2.31. The first-order valence-electron chi connectivity index (χ1n) is 15.1. The van der Waals surface area contributed by atoms with E-state index in [0.29, 0.717) is 32.2 Å². The highest BCUT2D eigenvalue weighted by Crippen LogP contribution is 2.13. The lowest BCUT2D eigenvalue weighted by Gasteiger charge is -2.32. The highest BCUT2D eigenvalue weighted by molar-refractivity contribution is 6.12. The molecule has 0 aliphatic carbocycles. The van der Waals surface area contributed by atoms with E-state index < -0.39 is 42.0 Å². The summed E-state index contributed by atoms with van der Waals surface area (Å²) >= 11 is 0. The number of nitrogens with two attached hydrogens (primary N) is 1. The summed E-state index contributed by atoms with van der Waals surface area (Å²) in [6.45, 7) is 11.2. The summed E-state index contributed by atoms with van der Waals surface area (Å²) in [7, 11) is 1.78. The van der Waals surface area contributed by atoms with Crippen molar-refractivity contribution in [3.05, 3.63) is 12.2 Å². The van der Waals surface area contributed by atoms with Gasteiger partial charge in [-0.25, -0.2) is 0 Å². The monoisotopic (exact) mass is 622 g/mol. The molecule has 14 nitrogen and oxygen atoms in total. The molecule has 1 heterocycles. The quantitative estimate of drug-likeness (QED) is 0.0675. The lowest BCUT2D eigenvalue weighted by molar-refractivity contribution is -0.151. The van der Waals surface area contributed by atoms with Crippen molar-refractivity contribution in [2.24, 2.45) is 17.6 Å². The molecular formula is C30H50N6O8. The van der Waals surface area contributed by atoms with Crippen LogP contribution in [0.1, 0.15) is 80.1 Å². The maximum absolute atomic E-state index is 13.0. The van der Waals surface area contributed by atoms with Gasteiger partial charge in [-0.15, -0.1) is 0 Å². The van der Waals surface area contributed by atoms with Gasteiger partial charge in [0.15, 0.2) is 5.78 Å². The molecule has 1 aliphatic rings. The molecule has 0 radical (unpaired) electrons. The second-order valence-corrected chi connectivity index (χ2v) is 11.8. The third-order valence-electron chi connectivity index (χ3n) is 7.31. The fourth-order valence-electron chi connectivity index (χ4n) is 4.81. The number of ketones is 1. The standard InChI is InChI=1S/C30H50N6O8/c1-18(2)27(20(5)37)32-30(43)28(19(3)4)35(7)16-11-13-25(41)44-21(6)26(31)29(42)34-33-22(38)12-9-8-10-17-36-23(39)14-15-24(36)40/h14-15,18-19,21,26-28H,8-13,16-17,31H2,1-7H3,(H,32,43)(H,33,38)(H,34,42)/t21-,26+,27+,28+/m1/s1. The molecule has 5 amide bonds. The maximum Gasteiger partial charge on any atom is 0.306 e. The van der Waals surface area contributed by atoms with E-state index in [-0.39, 0.29) is 54.7 Å². The second kappa shape index (κ2) is 18.9. The number of hydrazine groups is 1. The summed E-state index contributed by atoms with van der Waals surface area (Å²) < 4.78 is 5.30. The van der Waals surface area contributed by atoms with Gasteiger partial charge in [-0.05, 0) is 58.5 Å². The van der Waals surface area contributed by atoms with E-state index in [2.05, 4.69) is 16.2 Å². The first-order chi connectivity index (χ1) is 20.6. The number of carbonyl (C=O) groups is 7. The molecular weight excluding hydrogens is 572 g/mol. The van der Waals surface area contributed by atoms with Crippen molar-refractivity contribution in [2.45, 2.75) is 104 Å². The third kappa shape index (κ3) is 12.9. The number of unbranched alkanes of at least 4 members (excludes halogenated alkanes) is 2. The molecule has 14 heteroatoms. The van der Waals surface area contributed by atoms with Gasteiger partial charge in [-0.2, -0.15) is 0 Å². The number of carbonyl (C=O) groups excluding carboxylic acids is 7. The van der Waals surface area contributed by atoms with Crippen LogP contribution >= 0.6 is 0 Å². The summed E-state index contributed by atoms with van der Waals surface area (Å²) in [5.74, 6) is -2.86. The van der Waals surface area contributed by atoms with Gasteiger partial charge in [0.05, 0.1) is 12.1 Å². The molecule has 0 aromatic rings. The van der Waals surface area contributed by atoms with Gasteiger partial charge < -0.3 is 15.8 Å². The number of hydrogen-bond donors (Lipinski definition) is 4. The van der Waals surface area contributed by atoms with E-state index >= 15 is 0 Å². The molecule has 0 fully saturated rings. The fourth-order valence-corrected chi connectivity index (χ4v) is 4.81. The number of esters is 1. The number of imide groups is 1. The van der Waals surface area contributed by atoms with E-state index in [1.54, 1.807) is 7.05 Å². The van der Waals surface area contributed by atoms with Crippen molar-refractivity contribution in [3.63, 3.8) is 0 Å². The Labute approximate surface area is 259 Å². The molecule has 0 aromatic carbocycles. The molecule has 1 aliphatic heterocycles. The Hall–Kier alpha value is -3.65. The summed E-state index contributed by atoms with van der Waals surface area (Å²) in [4.78, 5) is 87.7. The average Bonchev–Trinajstić information content (AvgIpc) is 3.25. The van der Waals surface area contributed by atoms with Gasteiger partial charge in [0.1, 0.15) is 12.1 Å². The highest BCUT2D eigenvalue weighted by atomic mass is 16.5. The van der Waals surface area contributed by atoms with Crippen molar-refractivity contribution in [1.29, 1.82) is 0 Å². The van der Waals surface area contributed by atoms with Crippen LogP contribution in [0.4, 0.5) is 0 Å². The van der Waals surface area contributed by atoms with E-state index in [9.17, 15) is 33.6 Å². The molecule has 0 unspecified atom stereocenters. The normalized spacial score (nSPS) is 15.8. The Morgan fingerprint density at radius 2 is 1.48 bits per heavy atom. The number of rotatable bonds is 19. The van der Waals surface area contributed by atoms with Gasteiger partial charge in [0, 0.05) is 31.5 Å². The largest absolute Gasteiger partial charge is 0.460 e. The Kier molecular flexibility index (Phi) is 16.5. The molecule has 0 spiro atoms. The Morgan fingerprint density at radius 1 is 0.864 bits per heavy atom. The zero-order valence-electron chi connectivity index (χ0n) is 27.0. The number of nitrogens with one attached hydrogen (secondary N) is 3. The van der Waals surface area contributed by atoms with Crippen molar-refractivity contribution >= 4 is 41.3 Å². The topological polar surface area (TPSA) is 197 Å². The first kappa shape index (κ1) is 38.4. The fraction of sp³-hybridized carbons (Fsp3) is 0.700. The van der Waals surface area contributed by atoms with E-state index in [0.717, 1.165) is 4.90 Å². The van der Waals surface area contributed by atoms with E-state index in [1.807, 2.05) is 32.6 Å². The minimum atomic E-state index is -1.23. The third-order valence-corrected chi connectivity index (χ3v) is 7.31. The van der Waals surface area contributed by atoms with Crippen LogP contribution < -0.4 is 21.9 Å². The maximum atomic E-state index is 13.0. The number of likely N-dealkylation sites (N-methyl/N-ethyl adjacent to an activating group) is 1. The van der Waals surface area contributed by atoms with Crippen LogP contribution in [-0.4, -0.2) is 95.5 Å². The van der Waals surface area contributed by atoms with Crippen molar-refractivity contribution < 1.29 is 38.3 Å². The molecule has 0 bridgehead atoms.